The number of esters is 3. The maximum atomic E-state index is 13.6. The van der Waals surface area contributed by atoms with Crippen molar-refractivity contribution in [1.29, 1.82) is 0 Å². The number of hydrogen-bond donors (Lipinski definition) is 0. The topological polar surface area (TPSA) is 194 Å². The van der Waals surface area contributed by atoms with Crippen LogP contribution in [-0.4, -0.2) is 68.2 Å². The molecule has 5 atom stereocenters. The summed E-state index contributed by atoms with van der Waals surface area (Å²) in [7, 11) is -5.33. The first-order valence-corrected chi connectivity index (χ1v) is 17.0. The summed E-state index contributed by atoms with van der Waals surface area (Å²) in [6, 6.07) is 28.9. The Balaban J connectivity index is 1.46. The number of hydrogen-bond acceptors (Lipinski definition) is 14. The summed E-state index contributed by atoms with van der Waals surface area (Å²) >= 11 is 0. The number of aryl methyl sites for hydroxylation is 1. The standard InChI is InChI=1S/C37H30O14S/c1-22-19-30(38)47-28-20-26(17-18-27(22)28)46-37-33(51-36(41)25-15-9-4-10-16-25)32(50-35(40)24-13-7-3-8-14-24)31(29(48-37)21-45-52(42,43)44)49-34(39)23-11-5-2-6-12-23/h2-20,29,31-33,37H,21H2,1H3,(H,42,43,44)/p-1/t29-,31+,32+,33+,37-/m0/s1. The summed E-state index contributed by atoms with van der Waals surface area (Å²) in [5.74, 6) is -2.83. The molecule has 1 fully saturated rings. The molecule has 1 aliphatic heterocycles. The van der Waals surface area contributed by atoms with Crippen LogP contribution in [0.5, 0.6) is 5.75 Å². The van der Waals surface area contributed by atoms with Crippen LogP contribution in [0.3, 0.4) is 0 Å². The lowest BCUT2D eigenvalue weighted by Gasteiger charge is -2.44. The van der Waals surface area contributed by atoms with Crippen LogP contribution in [0.1, 0.15) is 36.6 Å². The largest absolute Gasteiger partial charge is 0.726 e. The second-order valence-corrected chi connectivity index (χ2v) is 12.5. The van der Waals surface area contributed by atoms with Crippen molar-refractivity contribution in [2.75, 3.05) is 6.61 Å². The van der Waals surface area contributed by atoms with E-state index in [0.29, 0.717) is 10.9 Å². The van der Waals surface area contributed by atoms with Gasteiger partial charge in [-0.05, 0) is 61.0 Å². The Morgan fingerprint density at radius 2 is 1.19 bits per heavy atom. The average Bonchev–Trinajstić information content (AvgIpc) is 3.13. The van der Waals surface area contributed by atoms with Crippen LogP contribution in [0, 0.1) is 6.92 Å². The lowest BCUT2D eigenvalue weighted by molar-refractivity contribution is -0.274. The van der Waals surface area contributed by atoms with E-state index < -0.39 is 71.2 Å². The molecule has 1 aromatic heterocycles. The highest BCUT2D eigenvalue weighted by atomic mass is 32.3. The Labute approximate surface area is 296 Å². The van der Waals surface area contributed by atoms with Crippen molar-refractivity contribution >= 4 is 39.3 Å². The number of carbonyl (C=O) groups is 3. The predicted molar refractivity (Wildman–Crippen MR) is 179 cm³/mol. The lowest BCUT2D eigenvalue weighted by Crippen LogP contribution is -2.63. The predicted octanol–water partition coefficient (Wildman–Crippen LogP) is 4.36. The molecule has 0 amide bonds. The molecule has 268 valence electrons. The van der Waals surface area contributed by atoms with Crippen molar-refractivity contribution in [2.24, 2.45) is 0 Å². The van der Waals surface area contributed by atoms with Crippen LogP contribution in [0.25, 0.3) is 11.0 Å². The Hall–Kier alpha value is -5.87. The highest BCUT2D eigenvalue weighted by Gasteiger charge is 2.54. The molecule has 52 heavy (non-hydrogen) atoms. The van der Waals surface area contributed by atoms with Gasteiger partial charge in [0, 0.05) is 17.5 Å². The first-order chi connectivity index (χ1) is 24.9. The Bertz CT molecular complexity index is 2220. The smallest absolute Gasteiger partial charge is 0.338 e. The third-order valence-electron chi connectivity index (χ3n) is 7.90. The van der Waals surface area contributed by atoms with Gasteiger partial charge in [0.25, 0.3) is 0 Å². The molecular weight excluding hydrogens is 700 g/mol. The average molecular weight is 730 g/mol. The SMILES string of the molecule is Cc1cc(=O)oc2cc(O[C@H]3O[C@@H](COS(=O)(=O)[O-])[C@@H](OC(=O)c4ccccc4)[C@@H](OC(=O)c4ccccc4)[C@H]3OC(=O)c3ccccc3)ccc12. The van der Waals surface area contributed by atoms with E-state index in [9.17, 15) is 32.1 Å². The van der Waals surface area contributed by atoms with E-state index in [4.69, 9.17) is 28.1 Å². The van der Waals surface area contributed by atoms with Crippen LogP contribution >= 0.6 is 0 Å². The van der Waals surface area contributed by atoms with Gasteiger partial charge in [0.15, 0.2) is 12.2 Å². The zero-order valence-corrected chi connectivity index (χ0v) is 28.0. The molecular formula is C37H29O14S-. The number of ether oxygens (including phenoxy) is 5. The van der Waals surface area contributed by atoms with Crippen LogP contribution in [-0.2, 0) is 33.5 Å². The molecule has 0 spiro atoms. The van der Waals surface area contributed by atoms with Gasteiger partial charge in [0.05, 0.1) is 23.3 Å². The third kappa shape index (κ3) is 8.70. The normalized spacial score (nSPS) is 20.1. The number of benzene rings is 4. The molecule has 2 heterocycles. The van der Waals surface area contributed by atoms with Gasteiger partial charge in [-0.25, -0.2) is 27.6 Å². The first kappa shape index (κ1) is 35.9. The van der Waals surface area contributed by atoms with Crippen LogP contribution in [0.15, 0.2) is 124 Å². The number of carbonyl (C=O) groups excluding carboxylic acids is 3. The van der Waals surface area contributed by atoms with Crippen LogP contribution in [0.4, 0.5) is 0 Å². The second kappa shape index (κ2) is 15.6. The van der Waals surface area contributed by atoms with Crippen LogP contribution in [0.2, 0.25) is 0 Å². The third-order valence-corrected chi connectivity index (χ3v) is 8.33. The van der Waals surface area contributed by atoms with Gasteiger partial charge in [-0.15, -0.1) is 0 Å². The Kier molecular flexibility index (Phi) is 10.8. The van der Waals surface area contributed by atoms with Gasteiger partial charge in [0.1, 0.15) is 17.4 Å². The molecule has 0 aliphatic carbocycles. The van der Waals surface area contributed by atoms with Crippen molar-refractivity contribution in [3.8, 4) is 5.75 Å². The maximum Gasteiger partial charge on any atom is 0.338 e. The molecule has 0 saturated carbocycles. The van der Waals surface area contributed by atoms with Gasteiger partial charge in [-0.1, -0.05) is 54.6 Å². The van der Waals surface area contributed by atoms with E-state index in [2.05, 4.69) is 4.18 Å². The zero-order valence-electron chi connectivity index (χ0n) is 27.2. The van der Waals surface area contributed by atoms with Crippen molar-refractivity contribution in [1.82, 2.24) is 0 Å². The second-order valence-electron chi connectivity index (χ2n) is 11.5. The summed E-state index contributed by atoms with van der Waals surface area (Å²) in [4.78, 5) is 52.8. The van der Waals surface area contributed by atoms with Crippen molar-refractivity contribution in [3.63, 3.8) is 0 Å². The minimum atomic E-state index is -5.33. The molecule has 0 N–H and O–H groups in total. The monoisotopic (exact) mass is 729 g/mol. The first-order valence-electron chi connectivity index (χ1n) is 15.7. The van der Waals surface area contributed by atoms with E-state index in [1.54, 1.807) is 67.6 Å². The van der Waals surface area contributed by atoms with E-state index in [1.807, 2.05) is 0 Å². The molecule has 1 aliphatic rings. The molecule has 0 radical (unpaired) electrons. The summed E-state index contributed by atoms with van der Waals surface area (Å²) in [5, 5.41) is 0.582. The highest BCUT2D eigenvalue weighted by Crippen LogP contribution is 2.33. The maximum absolute atomic E-state index is 13.6. The van der Waals surface area contributed by atoms with Gasteiger partial charge in [0.2, 0.25) is 22.8 Å². The van der Waals surface area contributed by atoms with E-state index in [-0.39, 0.29) is 28.0 Å². The molecule has 14 nitrogen and oxygen atoms in total. The minimum Gasteiger partial charge on any atom is -0.726 e. The van der Waals surface area contributed by atoms with Crippen LogP contribution < -0.4 is 10.4 Å². The molecule has 1 saturated heterocycles. The fraction of sp³-hybridized carbons (Fsp3) is 0.189. The lowest BCUT2D eigenvalue weighted by atomic mass is 9.97. The summed E-state index contributed by atoms with van der Waals surface area (Å²) in [5.41, 5.74) is 0.317. The quantitative estimate of drug-likeness (QED) is 0.0612. The fourth-order valence-electron chi connectivity index (χ4n) is 5.47. The minimum absolute atomic E-state index is 0.0102. The van der Waals surface area contributed by atoms with Gasteiger partial charge >= 0.3 is 23.5 Å². The Morgan fingerprint density at radius 1 is 0.692 bits per heavy atom. The molecule has 0 bridgehead atoms. The van der Waals surface area contributed by atoms with Gasteiger partial charge < -0.3 is 32.7 Å². The molecule has 15 heteroatoms. The van der Waals surface area contributed by atoms with Gasteiger partial charge in [-0.2, -0.15) is 0 Å². The Morgan fingerprint density at radius 3 is 1.71 bits per heavy atom. The van der Waals surface area contributed by atoms with E-state index >= 15 is 0 Å². The number of rotatable bonds is 11. The zero-order chi connectivity index (χ0) is 36.8. The summed E-state index contributed by atoms with van der Waals surface area (Å²) in [6.45, 7) is 0.670. The number of fused-ring (bicyclic) bond motifs is 1. The van der Waals surface area contributed by atoms with Crippen molar-refractivity contribution in [2.45, 2.75) is 37.6 Å². The fourth-order valence-corrected chi connectivity index (χ4v) is 5.77. The van der Waals surface area contributed by atoms with E-state index in [0.717, 1.165) is 0 Å². The van der Waals surface area contributed by atoms with Crippen molar-refractivity contribution in [3.05, 3.63) is 148 Å². The summed E-state index contributed by atoms with van der Waals surface area (Å²) < 4.78 is 74.6. The van der Waals surface area contributed by atoms with Crippen molar-refractivity contribution < 1.29 is 59.6 Å². The summed E-state index contributed by atoms with van der Waals surface area (Å²) in [6.07, 6.45) is -8.68. The molecule has 5 aromatic rings. The molecule has 4 aromatic carbocycles. The molecule has 0 unspecified atom stereocenters. The van der Waals surface area contributed by atoms with E-state index in [1.165, 1.54) is 54.6 Å². The molecule has 6 rings (SSSR count). The van der Waals surface area contributed by atoms with Gasteiger partial charge in [-0.3, -0.25) is 4.18 Å². The highest BCUT2D eigenvalue weighted by molar-refractivity contribution is 7.80.